The van der Waals surface area contributed by atoms with Gasteiger partial charge in [0.25, 0.3) is 0 Å². The lowest BCUT2D eigenvalue weighted by Crippen LogP contribution is -2.14. The zero-order chi connectivity index (χ0) is 8.97. The maximum atomic E-state index is 4.19. The predicted octanol–water partition coefficient (Wildman–Crippen LogP) is 3.05. The Hall–Kier alpha value is -0.570. The summed E-state index contributed by atoms with van der Waals surface area (Å²) in [5.41, 5.74) is 0. The lowest BCUT2D eigenvalue weighted by molar-refractivity contribution is 0.759. The molecule has 1 unspecified atom stereocenters. The van der Waals surface area contributed by atoms with Crippen molar-refractivity contribution in [2.75, 3.05) is 5.32 Å². The number of hydrogen-bond acceptors (Lipinski definition) is 2. The fourth-order valence-electron chi connectivity index (χ4n) is 0.838. The van der Waals surface area contributed by atoms with E-state index in [0.717, 1.165) is 16.7 Å². The average Bonchev–Trinajstić information content (AvgIpc) is 2.04. The van der Waals surface area contributed by atoms with Crippen molar-refractivity contribution < 1.29 is 0 Å². The first-order chi connectivity index (χ1) is 5.72. The molecule has 0 radical (unpaired) electrons. The Bertz CT molecular complexity index is 250. The fraction of sp³-hybridized carbons (Fsp3) is 0.444. The number of nitrogens with zero attached hydrogens (tertiary/aromatic N) is 1. The average molecular weight is 229 g/mol. The molecule has 12 heavy (non-hydrogen) atoms. The molecule has 1 rings (SSSR count). The maximum absolute atomic E-state index is 4.19. The summed E-state index contributed by atoms with van der Waals surface area (Å²) in [5.74, 6) is 0.929. The Kier molecular flexibility index (Phi) is 3.53. The van der Waals surface area contributed by atoms with Crippen LogP contribution in [0.2, 0.25) is 0 Å². The van der Waals surface area contributed by atoms with Gasteiger partial charge in [-0.2, -0.15) is 0 Å². The molecule has 0 aromatic carbocycles. The number of halogens is 1. The van der Waals surface area contributed by atoms with E-state index in [4.69, 9.17) is 0 Å². The molecule has 0 spiro atoms. The van der Waals surface area contributed by atoms with Crippen LogP contribution in [-0.2, 0) is 0 Å². The largest absolute Gasteiger partial charge is 0.368 e. The molecule has 1 atom stereocenters. The van der Waals surface area contributed by atoms with Gasteiger partial charge in [-0.1, -0.05) is 22.9 Å². The van der Waals surface area contributed by atoms with Crippen molar-refractivity contribution in [3.8, 4) is 0 Å². The predicted molar refractivity (Wildman–Crippen MR) is 55.3 cm³/mol. The van der Waals surface area contributed by atoms with Gasteiger partial charge in [0, 0.05) is 16.7 Å². The fourth-order valence-corrected chi connectivity index (χ4v) is 1.17. The first-order valence-electron chi connectivity index (χ1n) is 4.10. The molecule has 0 aliphatic heterocycles. The van der Waals surface area contributed by atoms with E-state index in [1.165, 1.54) is 0 Å². The normalized spacial score (nSPS) is 12.6. The van der Waals surface area contributed by atoms with Gasteiger partial charge < -0.3 is 5.32 Å². The van der Waals surface area contributed by atoms with E-state index in [1.807, 2.05) is 12.1 Å². The first-order valence-corrected chi connectivity index (χ1v) is 4.89. The number of pyridine rings is 1. The van der Waals surface area contributed by atoms with Crippen molar-refractivity contribution in [1.29, 1.82) is 0 Å². The molecular weight excluding hydrogens is 216 g/mol. The molecule has 0 saturated carbocycles. The lowest BCUT2D eigenvalue weighted by Gasteiger charge is -2.11. The van der Waals surface area contributed by atoms with E-state index in [0.29, 0.717) is 6.04 Å². The van der Waals surface area contributed by atoms with E-state index < -0.39 is 0 Å². The number of nitrogens with one attached hydrogen (secondary N) is 1. The SMILES string of the molecule is CCC(C)Nc1cc(Br)ccn1. The third-order valence-corrected chi connectivity index (χ3v) is 2.22. The molecule has 66 valence electrons. The Labute approximate surface area is 81.5 Å². The van der Waals surface area contributed by atoms with E-state index in [1.54, 1.807) is 6.20 Å². The van der Waals surface area contributed by atoms with Crippen molar-refractivity contribution in [3.05, 3.63) is 22.8 Å². The highest BCUT2D eigenvalue weighted by molar-refractivity contribution is 9.10. The zero-order valence-corrected chi connectivity index (χ0v) is 8.93. The Morgan fingerprint density at radius 2 is 2.42 bits per heavy atom. The Morgan fingerprint density at radius 1 is 1.67 bits per heavy atom. The maximum Gasteiger partial charge on any atom is 0.127 e. The van der Waals surface area contributed by atoms with E-state index in [2.05, 4.69) is 40.1 Å². The van der Waals surface area contributed by atoms with Crippen molar-refractivity contribution in [3.63, 3.8) is 0 Å². The van der Waals surface area contributed by atoms with Crippen LogP contribution in [0.15, 0.2) is 22.8 Å². The minimum atomic E-state index is 0.479. The Balaban J connectivity index is 2.63. The van der Waals surface area contributed by atoms with Gasteiger partial charge in [0.1, 0.15) is 5.82 Å². The molecule has 1 aromatic heterocycles. The number of aromatic nitrogens is 1. The highest BCUT2D eigenvalue weighted by atomic mass is 79.9. The van der Waals surface area contributed by atoms with Crippen LogP contribution < -0.4 is 5.32 Å². The third kappa shape index (κ3) is 2.81. The van der Waals surface area contributed by atoms with Gasteiger partial charge >= 0.3 is 0 Å². The second-order valence-corrected chi connectivity index (χ2v) is 3.73. The summed E-state index contributed by atoms with van der Waals surface area (Å²) < 4.78 is 1.06. The quantitative estimate of drug-likeness (QED) is 0.861. The van der Waals surface area contributed by atoms with Crippen LogP contribution in [0, 0.1) is 0 Å². The minimum Gasteiger partial charge on any atom is -0.368 e. The molecule has 0 amide bonds. The van der Waals surface area contributed by atoms with Crippen LogP contribution in [0.4, 0.5) is 5.82 Å². The number of hydrogen-bond donors (Lipinski definition) is 1. The smallest absolute Gasteiger partial charge is 0.127 e. The number of anilines is 1. The van der Waals surface area contributed by atoms with Gasteiger partial charge in [0.15, 0.2) is 0 Å². The van der Waals surface area contributed by atoms with Crippen LogP contribution in [0.5, 0.6) is 0 Å². The monoisotopic (exact) mass is 228 g/mol. The highest BCUT2D eigenvalue weighted by Gasteiger charge is 1.99. The molecule has 1 heterocycles. The van der Waals surface area contributed by atoms with Gasteiger partial charge in [-0.15, -0.1) is 0 Å². The zero-order valence-electron chi connectivity index (χ0n) is 7.34. The molecule has 1 N–H and O–H groups in total. The third-order valence-electron chi connectivity index (χ3n) is 1.73. The van der Waals surface area contributed by atoms with Crippen LogP contribution >= 0.6 is 15.9 Å². The molecule has 3 heteroatoms. The standard InChI is InChI=1S/C9H13BrN2/c1-3-7(2)12-9-6-8(10)4-5-11-9/h4-7H,3H2,1-2H3,(H,11,12). The summed E-state index contributed by atoms with van der Waals surface area (Å²) in [6.45, 7) is 4.29. The lowest BCUT2D eigenvalue weighted by atomic mass is 10.2. The van der Waals surface area contributed by atoms with E-state index >= 15 is 0 Å². The van der Waals surface area contributed by atoms with Crippen molar-refractivity contribution >= 4 is 21.7 Å². The summed E-state index contributed by atoms with van der Waals surface area (Å²) in [5, 5.41) is 3.29. The molecular formula is C9H13BrN2. The van der Waals surface area contributed by atoms with E-state index in [-0.39, 0.29) is 0 Å². The Morgan fingerprint density at radius 3 is 3.00 bits per heavy atom. The molecule has 0 bridgehead atoms. The second kappa shape index (κ2) is 4.45. The van der Waals surface area contributed by atoms with Crippen molar-refractivity contribution in [2.45, 2.75) is 26.3 Å². The first kappa shape index (κ1) is 9.52. The topological polar surface area (TPSA) is 24.9 Å². The van der Waals surface area contributed by atoms with Crippen LogP contribution in [0.25, 0.3) is 0 Å². The second-order valence-electron chi connectivity index (χ2n) is 2.81. The molecule has 1 aromatic rings. The highest BCUT2D eigenvalue weighted by Crippen LogP contribution is 2.13. The number of rotatable bonds is 3. The van der Waals surface area contributed by atoms with Crippen LogP contribution in [0.1, 0.15) is 20.3 Å². The van der Waals surface area contributed by atoms with Crippen LogP contribution in [-0.4, -0.2) is 11.0 Å². The molecule has 0 saturated heterocycles. The van der Waals surface area contributed by atoms with E-state index in [9.17, 15) is 0 Å². The van der Waals surface area contributed by atoms with Crippen LogP contribution in [0.3, 0.4) is 0 Å². The van der Waals surface area contributed by atoms with Crippen molar-refractivity contribution in [2.24, 2.45) is 0 Å². The molecule has 0 aliphatic rings. The molecule has 0 aliphatic carbocycles. The van der Waals surface area contributed by atoms with Gasteiger partial charge in [-0.05, 0) is 25.5 Å². The summed E-state index contributed by atoms with van der Waals surface area (Å²) in [7, 11) is 0. The van der Waals surface area contributed by atoms with Gasteiger partial charge in [-0.25, -0.2) is 4.98 Å². The summed E-state index contributed by atoms with van der Waals surface area (Å²) in [6, 6.07) is 4.38. The van der Waals surface area contributed by atoms with Gasteiger partial charge in [0.2, 0.25) is 0 Å². The van der Waals surface area contributed by atoms with Gasteiger partial charge in [-0.3, -0.25) is 0 Å². The summed E-state index contributed by atoms with van der Waals surface area (Å²) in [6.07, 6.45) is 2.89. The summed E-state index contributed by atoms with van der Waals surface area (Å²) >= 11 is 3.39. The van der Waals surface area contributed by atoms with Gasteiger partial charge in [0.05, 0.1) is 0 Å². The molecule has 2 nitrogen and oxygen atoms in total. The molecule has 0 fully saturated rings. The summed E-state index contributed by atoms with van der Waals surface area (Å²) in [4.78, 5) is 4.19. The minimum absolute atomic E-state index is 0.479. The van der Waals surface area contributed by atoms with Crippen molar-refractivity contribution in [1.82, 2.24) is 4.98 Å².